The summed E-state index contributed by atoms with van der Waals surface area (Å²) in [6.45, 7) is 3.44. The zero-order chi connectivity index (χ0) is 16.6. The summed E-state index contributed by atoms with van der Waals surface area (Å²) in [4.78, 5) is 12.6. The predicted molar refractivity (Wildman–Crippen MR) is 86.3 cm³/mol. The summed E-state index contributed by atoms with van der Waals surface area (Å²) in [5.41, 5.74) is -0.971. The summed E-state index contributed by atoms with van der Waals surface area (Å²) in [6.07, 6.45) is 7.27. The van der Waals surface area contributed by atoms with Crippen LogP contribution < -0.4 is 4.90 Å². The average molecular weight is 338 g/mol. The molecule has 0 amide bonds. The van der Waals surface area contributed by atoms with Crippen molar-refractivity contribution < 1.29 is 13.5 Å². The molecule has 3 fully saturated rings. The van der Waals surface area contributed by atoms with Crippen molar-refractivity contribution in [3.63, 3.8) is 0 Å². The summed E-state index contributed by atoms with van der Waals surface area (Å²) in [6, 6.07) is 0.386. The molecule has 0 radical (unpaired) electrons. The van der Waals surface area contributed by atoms with E-state index in [9.17, 15) is 8.78 Å². The van der Waals surface area contributed by atoms with Gasteiger partial charge >= 0.3 is 0 Å². The lowest BCUT2D eigenvalue weighted by Crippen LogP contribution is -2.59. The molecule has 3 aliphatic heterocycles. The van der Waals surface area contributed by atoms with Crippen molar-refractivity contribution in [2.24, 2.45) is 5.41 Å². The summed E-state index contributed by atoms with van der Waals surface area (Å²) >= 11 is 0. The SMILES string of the molecule is FC1(F)CCN(C2CCOCC2)C[C@]12CCN(c1cnccn1)C2. The molecule has 0 aromatic carbocycles. The van der Waals surface area contributed by atoms with Crippen LogP contribution in [0.25, 0.3) is 0 Å². The highest BCUT2D eigenvalue weighted by Gasteiger charge is 2.60. The zero-order valence-corrected chi connectivity index (χ0v) is 13.8. The number of anilines is 1. The lowest BCUT2D eigenvalue weighted by atomic mass is 9.75. The minimum absolute atomic E-state index is 0.0430. The van der Waals surface area contributed by atoms with Crippen LogP contribution in [0.2, 0.25) is 0 Å². The van der Waals surface area contributed by atoms with E-state index in [1.807, 2.05) is 4.90 Å². The van der Waals surface area contributed by atoms with Gasteiger partial charge in [0, 0.05) is 64.2 Å². The molecule has 0 saturated carbocycles. The molecule has 7 heteroatoms. The molecule has 3 aliphatic rings. The van der Waals surface area contributed by atoms with Gasteiger partial charge in [-0.1, -0.05) is 0 Å². The molecule has 4 heterocycles. The molecule has 24 heavy (non-hydrogen) atoms. The van der Waals surface area contributed by atoms with E-state index >= 15 is 0 Å². The number of piperidine rings is 1. The van der Waals surface area contributed by atoms with Crippen LogP contribution in [0.15, 0.2) is 18.6 Å². The van der Waals surface area contributed by atoms with Gasteiger partial charge in [0.25, 0.3) is 5.92 Å². The minimum Gasteiger partial charge on any atom is -0.381 e. The van der Waals surface area contributed by atoms with Crippen molar-refractivity contribution in [1.82, 2.24) is 14.9 Å². The fourth-order valence-corrected chi connectivity index (χ4v) is 4.44. The van der Waals surface area contributed by atoms with E-state index < -0.39 is 11.3 Å². The molecule has 1 aromatic rings. The maximum Gasteiger partial charge on any atom is 0.257 e. The van der Waals surface area contributed by atoms with Crippen molar-refractivity contribution in [1.29, 1.82) is 0 Å². The number of aromatic nitrogens is 2. The van der Waals surface area contributed by atoms with Crippen LogP contribution in [0.3, 0.4) is 0 Å². The number of ether oxygens (including phenoxy) is 1. The van der Waals surface area contributed by atoms with Crippen LogP contribution in [0.4, 0.5) is 14.6 Å². The van der Waals surface area contributed by atoms with Gasteiger partial charge in [-0.25, -0.2) is 13.8 Å². The molecule has 0 unspecified atom stereocenters. The number of likely N-dealkylation sites (tertiary alicyclic amines) is 1. The van der Waals surface area contributed by atoms with Crippen LogP contribution in [0.1, 0.15) is 25.7 Å². The molecule has 0 bridgehead atoms. The fourth-order valence-electron chi connectivity index (χ4n) is 4.44. The van der Waals surface area contributed by atoms with Crippen molar-refractivity contribution in [3.05, 3.63) is 18.6 Å². The lowest BCUT2D eigenvalue weighted by molar-refractivity contribution is -0.167. The highest BCUT2D eigenvalue weighted by atomic mass is 19.3. The van der Waals surface area contributed by atoms with Crippen LogP contribution >= 0.6 is 0 Å². The smallest absolute Gasteiger partial charge is 0.257 e. The zero-order valence-electron chi connectivity index (χ0n) is 13.8. The number of rotatable bonds is 2. The molecule has 0 N–H and O–H groups in total. The van der Waals surface area contributed by atoms with E-state index in [0.29, 0.717) is 44.5 Å². The number of halogens is 2. The monoisotopic (exact) mass is 338 g/mol. The maximum absolute atomic E-state index is 14.9. The second kappa shape index (κ2) is 6.19. The molecule has 4 rings (SSSR count). The predicted octanol–water partition coefficient (Wildman–Crippen LogP) is 2.19. The summed E-state index contributed by atoms with van der Waals surface area (Å²) in [5, 5.41) is 0. The van der Waals surface area contributed by atoms with Crippen molar-refractivity contribution in [2.75, 3.05) is 44.3 Å². The van der Waals surface area contributed by atoms with E-state index in [4.69, 9.17) is 4.74 Å². The molecule has 0 aliphatic carbocycles. The van der Waals surface area contributed by atoms with Crippen LogP contribution in [-0.4, -0.2) is 66.2 Å². The van der Waals surface area contributed by atoms with Gasteiger partial charge in [-0.05, 0) is 19.3 Å². The Balaban J connectivity index is 1.53. The highest BCUT2D eigenvalue weighted by Crippen LogP contribution is 2.50. The Morgan fingerprint density at radius 1 is 1.08 bits per heavy atom. The van der Waals surface area contributed by atoms with E-state index in [1.165, 1.54) is 0 Å². The lowest BCUT2D eigenvalue weighted by Gasteiger charge is -2.49. The van der Waals surface area contributed by atoms with Gasteiger partial charge in [-0.2, -0.15) is 0 Å². The van der Waals surface area contributed by atoms with E-state index in [2.05, 4.69) is 14.9 Å². The third kappa shape index (κ3) is 2.77. The van der Waals surface area contributed by atoms with Crippen LogP contribution in [0.5, 0.6) is 0 Å². The number of hydrogen-bond donors (Lipinski definition) is 0. The van der Waals surface area contributed by atoms with Gasteiger partial charge in [-0.3, -0.25) is 9.88 Å². The van der Waals surface area contributed by atoms with Gasteiger partial charge in [0.15, 0.2) is 0 Å². The van der Waals surface area contributed by atoms with Crippen LogP contribution in [0, 0.1) is 5.41 Å². The Labute approximate surface area is 141 Å². The maximum atomic E-state index is 14.9. The van der Waals surface area contributed by atoms with Gasteiger partial charge < -0.3 is 9.64 Å². The Hall–Kier alpha value is -1.34. The van der Waals surface area contributed by atoms with Gasteiger partial charge in [0.05, 0.1) is 11.6 Å². The van der Waals surface area contributed by atoms with Crippen molar-refractivity contribution >= 4 is 5.82 Å². The van der Waals surface area contributed by atoms with Gasteiger partial charge in [0.1, 0.15) is 5.82 Å². The Kier molecular flexibility index (Phi) is 4.16. The number of alkyl halides is 2. The van der Waals surface area contributed by atoms with Crippen LogP contribution in [-0.2, 0) is 4.74 Å². The molecule has 3 saturated heterocycles. The first-order chi connectivity index (χ1) is 11.6. The summed E-state index contributed by atoms with van der Waals surface area (Å²) < 4.78 is 35.2. The number of nitrogens with zero attached hydrogens (tertiary/aromatic N) is 4. The first-order valence-electron chi connectivity index (χ1n) is 8.80. The molecular weight excluding hydrogens is 314 g/mol. The molecule has 132 valence electrons. The van der Waals surface area contributed by atoms with E-state index in [1.54, 1.807) is 18.6 Å². The largest absolute Gasteiger partial charge is 0.381 e. The van der Waals surface area contributed by atoms with E-state index in [0.717, 1.165) is 26.1 Å². The number of hydrogen-bond acceptors (Lipinski definition) is 5. The summed E-state index contributed by atoms with van der Waals surface area (Å²) in [5.74, 6) is -1.92. The second-order valence-corrected chi connectivity index (χ2v) is 7.28. The molecule has 5 nitrogen and oxygen atoms in total. The topological polar surface area (TPSA) is 41.5 Å². The molecular formula is C17H24F2N4O. The minimum atomic E-state index is -2.62. The van der Waals surface area contributed by atoms with E-state index in [-0.39, 0.29) is 6.42 Å². The van der Waals surface area contributed by atoms with Gasteiger partial charge in [-0.15, -0.1) is 0 Å². The molecule has 1 spiro atoms. The Bertz CT molecular complexity index is 567. The first-order valence-corrected chi connectivity index (χ1v) is 8.80. The second-order valence-electron chi connectivity index (χ2n) is 7.28. The normalized spacial score (nSPS) is 31.7. The standard InChI is InChI=1S/C17H24F2N4O/c18-17(19)4-8-22(14-1-9-24-10-2-14)12-16(17)3-7-23(13-16)15-11-20-5-6-21-15/h5-6,11,14H,1-4,7-10,12-13H2/t16-/m0/s1. The Morgan fingerprint density at radius 3 is 2.67 bits per heavy atom. The third-order valence-corrected chi connectivity index (χ3v) is 5.93. The summed E-state index contributed by atoms with van der Waals surface area (Å²) in [7, 11) is 0. The van der Waals surface area contributed by atoms with Crippen molar-refractivity contribution in [3.8, 4) is 0 Å². The first kappa shape index (κ1) is 16.1. The molecule has 1 atom stereocenters. The van der Waals surface area contributed by atoms with Gasteiger partial charge in [0.2, 0.25) is 0 Å². The quantitative estimate of drug-likeness (QED) is 0.827. The Morgan fingerprint density at radius 2 is 1.92 bits per heavy atom. The molecule has 1 aromatic heterocycles. The highest BCUT2D eigenvalue weighted by molar-refractivity contribution is 5.38. The third-order valence-electron chi connectivity index (χ3n) is 5.93. The fraction of sp³-hybridized carbons (Fsp3) is 0.765. The van der Waals surface area contributed by atoms with Crippen molar-refractivity contribution in [2.45, 2.75) is 37.6 Å². The average Bonchev–Trinajstić information content (AvgIpc) is 3.05.